The summed E-state index contributed by atoms with van der Waals surface area (Å²) in [5, 5.41) is 10.1. The summed E-state index contributed by atoms with van der Waals surface area (Å²) >= 11 is 1.60. The minimum Gasteiger partial charge on any atom is -0.481 e. The number of carboxylic acid groups (broad SMARTS) is 1. The molecule has 0 saturated carbocycles. The molecule has 1 N–H and O–H groups in total. The summed E-state index contributed by atoms with van der Waals surface area (Å²) in [7, 11) is 0. The highest BCUT2D eigenvalue weighted by molar-refractivity contribution is 7.99. The van der Waals surface area contributed by atoms with E-state index < -0.39 is 17.6 Å². The van der Waals surface area contributed by atoms with Crippen LogP contribution in [-0.4, -0.2) is 45.1 Å². The van der Waals surface area contributed by atoms with E-state index in [0.717, 1.165) is 10.6 Å². The molecular weight excluding hydrogens is 382 g/mol. The van der Waals surface area contributed by atoms with Crippen molar-refractivity contribution < 1.29 is 18.7 Å². The summed E-state index contributed by atoms with van der Waals surface area (Å²) in [4.78, 5) is 16.8. The molecule has 2 aliphatic rings. The maximum absolute atomic E-state index is 15.5. The highest BCUT2D eigenvalue weighted by Gasteiger charge is 2.44. The first-order valence-electron chi connectivity index (χ1n) is 9.65. The van der Waals surface area contributed by atoms with E-state index in [0.29, 0.717) is 36.8 Å². The Hall–Kier alpha value is -1.73. The highest BCUT2D eigenvalue weighted by Crippen LogP contribution is 2.42. The van der Waals surface area contributed by atoms with Gasteiger partial charge in [-0.1, -0.05) is 26.0 Å². The summed E-state index contributed by atoms with van der Waals surface area (Å²) in [5.74, 6) is -3.74. The Bertz CT molecular complexity index is 788. The van der Waals surface area contributed by atoms with Crippen molar-refractivity contribution in [3.63, 3.8) is 0 Å². The second-order valence-electron chi connectivity index (χ2n) is 7.67. The van der Waals surface area contributed by atoms with Crippen molar-refractivity contribution in [1.82, 2.24) is 9.88 Å². The van der Waals surface area contributed by atoms with Crippen LogP contribution < -0.4 is 0 Å². The van der Waals surface area contributed by atoms with Crippen molar-refractivity contribution in [2.75, 3.05) is 13.1 Å². The van der Waals surface area contributed by atoms with E-state index in [4.69, 9.17) is 5.11 Å². The smallest absolute Gasteiger partial charge is 0.303 e. The number of hydrogen-bond donors (Lipinski definition) is 1. The first-order valence-corrected chi connectivity index (χ1v) is 10.5. The number of allylic oxidation sites excluding steroid dienone is 2. The lowest BCUT2D eigenvalue weighted by Crippen LogP contribution is -2.50. The summed E-state index contributed by atoms with van der Waals surface area (Å²) in [6.45, 7) is 4.85. The number of aromatic nitrogens is 1. The zero-order valence-corrected chi connectivity index (χ0v) is 17.0. The average Bonchev–Trinajstić information content (AvgIpc) is 2.64. The number of rotatable bonds is 6. The van der Waals surface area contributed by atoms with Crippen LogP contribution in [0.25, 0.3) is 5.57 Å². The second-order valence-corrected chi connectivity index (χ2v) is 9.23. The van der Waals surface area contributed by atoms with E-state index in [1.165, 1.54) is 11.0 Å². The van der Waals surface area contributed by atoms with Crippen molar-refractivity contribution in [3.05, 3.63) is 41.9 Å². The number of thioether (sulfide) groups is 1. The molecule has 1 fully saturated rings. The molecule has 0 bridgehead atoms. The van der Waals surface area contributed by atoms with Crippen LogP contribution in [0.1, 0.15) is 45.1 Å². The van der Waals surface area contributed by atoms with Crippen LogP contribution in [0.3, 0.4) is 0 Å². The molecule has 0 radical (unpaired) electrons. The number of likely N-dealkylation sites (tertiary alicyclic amines) is 1. The lowest BCUT2D eigenvalue weighted by molar-refractivity contribution is -0.138. The Morgan fingerprint density at radius 1 is 1.43 bits per heavy atom. The summed E-state index contributed by atoms with van der Waals surface area (Å²) in [6, 6.07) is 3.69. The van der Waals surface area contributed by atoms with E-state index in [1.54, 1.807) is 30.1 Å². The van der Waals surface area contributed by atoms with Crippen LogP contribution in [0.4, 0.5) is 8.78 Å². The van der Waals surface area contributed by atoms with Crippen LogP contribution in [-0.2, 0) is 4.79 Å². The zero-order valence-electron chi connectivity index (χ0n) is 16.2. The third kappa shape index (κ3) is 4.63. The second kappa shape index (κ2) is 8.74. The van der Waals surface area contributed by atoms with Crippen LogP contribution in [0.2, 0.25) is 0 Å². The van der Waals surface area contributed by atoms with Gasteiger partial charge in [-0.15, -0.1) is 11.8 Å². The average molecular weight is 409 g/mol. The Morgan fingerprint density at radius 3 is 2.75 bits per heavy atom. The predicted octanol–water partition coefficient (Wildman–Crippen LogP) is 5.08. The zero-order chi connectivity index (χ0) is 20.3. The van der Waals surface area contributed by atoms with E-state index >= 15 is 4.39 Å². The van der Waals surface area contributed by atoms with Gasteiger partial charge in [-0.05, 0) is 36.5 Å². The summed E-state index contributed by atoms with van der Waals surface area (Å²) < 4.78 is 30.5. The fourth-order valence-electron chi connectivity index (χ4n) is 3.78. The van der Waals surface area contributed by atoms with E-state index in [-0.39, 0.29) is 18.8 Å². The first kappa shape index (κ1) is 21.0. The van der Waals surface area contributed by atoms with Gasteiger partial charge in [0.1, 0.15) is 5.03 Å². The van der Waals surface area contributed by atoms with E-state index in [1.807, 2.05) is 6.07 Å². The number of carbonyl (C=O) groups is 1. The standard InChI is InChI=1S/C21H26F2N2O2S/c1-14(2)28-20-17(4-3-9-24-20)16-5-8-21(23,18(22)13-16)25-10-6-15(7-11-25)12-19(26)27/h3-5,9,13-15H,6-8,10-12H2,1-2H3,(H,26,27). The maximum Gasteiger partial charge on any atom is 0.303 e. The molecule has 1 aromatic heterocycles. The molecule has 1 atom stereocenters. The fraction of sp³-hybridized carbons (Fsp3) is 0.524. The van der Waals surface area contributed by atoms with E-state index in [2.05, 4.69) is 18.8 Å². The number of hydrogen-bond acceptors (Lipinski definition) is 4. The topological polar surface area (TPSA) is 53.4 Å². The quantitative estimate of drug-likeness (QED) is 0.526. The van der Waals surface area contributed by atoms with Gasteiger partial charge in [-0.25, -0.2) is 13.8 Å². The molecule has 152 valence electrons. The van der Waals surface area contributed by atoms with Gasteiger partial charge in [-0.2, -0.15) is 0 Å². The monoisotopic (exact) mass is 408 g/mol. The minimum atomic E-state index is -2.15. The van der Waals surface area contributed by atoms with Gasteiger partial charge in [0.2, 0.25) is 5.79 Å². The SMILES string of the molecule is CC(C)Sc1ncccc1C1=CCC(F)(N2CCC(CC(=O)O)CC2)C(F)=C1. The molecule has 2 heterocycles. The van der Waals surface area contributed by atoms with Crippen molar-refractivity contribution in [3.8, 4) is 0 Å². The lowest BCUT2D eigenvalue weighted by Gasteiger charge is -2.41. The van der Waals surface area contributed by atoms with Gasteiger partial charge >= 0.3 is 5.97 Å². The normalized spacial score (nSPS) is 24.2. The molecule has 0 spiro atoms. The Balaban J connectivity index is 1.74. The van der Waals surface area contributed by atoms with Gasteiger partial charge in [-0.3, -0.25) is 9.69 Å². The van der Waals surface area contributed by atoms with Crippen molar-refractivity contribution in [2.24, 2.45) is 5.92 Å². The number of piperidine rings is 1. The maximum atomic E-state index is 15.5. The molecule has 1 aromatic rings. The Kier molecular flexibility index (Phi) is 6.55. The van der Waals surface area contributed by atoms with Crippen LogP contribution >= 0.6 is 11.8 Å². The summed E-state index contributed by atoms with van der Waals surface area (Å²) in [6.07, 6.45) is 5.90. The number of halogens is 2. The molecule has 0 amide bonds. The third-order valence-electron chi connectivity index (χ3n) is 5.25. The van der Waals surface area contributed by atoms with Crippen molar-refractivity contribution in [1.29, 1.82) is 0 Å². The van der Waals surface area contributed by atoms with Gasteiger partial charge in [0.25, 0.3) is 0 Å². The molecule has 1 aliphatic heterocycles. The molecule has 1 unspecified atom stereocenters. The minimum absolute atomic E-state index is 0.0325. The molecule has 28 heavy (non-hydrogen) atoms. The highest BCUT2D eigenvalue weighted by atomic mass is 32.2. The lowest BCUT2D eigenvalue weighted by atomic mass is 9.89. The van der Waals surface area contributed by atoms with Crippen molar-refractivity contribution >= 4 is 23.3 Å². The first-order chi connectivity index (χ1) is 13.3. The predicted molar refractivity (Wildman–Crippen MR) is 107 cm³/mol. The van der Waals surface area contributed by atoms with Gasteiger partial charge in [0, 0.05) is 42.9 Å². The van der Waals surface area contributed by atoms with Gasteiger partial charge in [0.05, 0.1) is 0 Å². The fourth-order valence-corrected chi connectivity index (χ4v) is 4.66. The number of carboxylic acids is 1. The Morgan fingerprint density at radius 2 is 2.14 bits per heavy atom. The molecular formula is C21H26F2N2O2S. The Labute approximate surface area is 168 Å². The molecule has 0 aromatic carbocycles. The number of alkyl halides is 1. The molecule has 1 aliphatic carbocycles. The number of nitrogens with zero attached hydrogens (tertiary/aromatic N) is 2. The molecule has 7 heteroatoms. The van der Waals surface area contributed by atoms with Crippen LogP contribution in [0.5, 0.6) is 0 Å². The van der Waals surface area contributed by atoms with Gasteiger partial charge in [0.15, 0.2) is 5.83 Å². The van der Waals surface area contributed by atoms with Crippen molar-refractivity contribution in [2.45, 2.75) is 55.6 Å². The number of pyridine rings is 1. The van der Waals surface area contributed by atoms with Crippen LogP contribution in [0, 0.1) is 5.92 Å². The van der Waals surface area contributed by atoms with Crippen LogP contribution in [0.15, 0.2) is 41.3 Å². The van der Waals surface area contributed by atoms with Gasteiger partial charge < -0.3 is 5.11 Å². The largest absolute Gasteiger partial charge is 0.481 e. The van der Waals surface area contributed by atoms with E-state index in [9.17, 15) is 9.18 Å². The summed E-state index contributed by atoms with van der Waals surface area (Å²) in [5.41, 5.74) is 1.47. The third-order valence-corrected chi connectivity index (χ3v) is 6.27. The molecule has 4 nitrogen and oxygen atoms in total. The molecule has 1 saturated heterocycles. The number of aliphatic carboxylic acids is 1. The molecule has 3 rings (SSSR count).